The highest BCUT2D eigenvalue weighted by Gasteiger charge is 2.15. The second-order valence-corrected chi connectivity index (χ2v) is 6.25. The van der Waals surface area contributed by atoms with E-state index in [0.717, 1.165) is 17.3 Å². The van der Waals surface area contributed by atoms with Crippen LogP contribution in [0.4, 0.5) is 0 Å². The summed E-state index contributed by atoms with van der Waals surface area (Å²) >= 11 is 8.05. The highest BCUT2D eigenvalue weighted by atomic mass is 35.5. The van der Waals surface area contributed by atoms with Crippen molar-refractivity contribution in [2.45, 2.75) is 16.8 Å². The maximum absolute atomic E-state index is 6.23. The molecule has 0 bridgehead atoms. The summed E-state index contributed by atoms with van der Waals surface area (Å²) in [5, 5.41) is 7.64. The summed E-state index contributed by atoms with van der Waals surface area (Å²) in [6, 6.07) is 16.5. The minimum Gasteiger partial charge on any atom is -0.372 e. The number of hydrogen-bond acceptors (Lipinski definition) is 3. The predicted molar refractivity (Wildman–Crippen MR) is 90.5 cm³/mol. The van der Waals surface area contributed by atoms with E-state index < -0.39 is 0 Å². The van der Waals surface area contributed by atoms with Crippen molar-refractivity contribution in [3.8, 4) is 0 Å². The fourth-order valence-corrected chi connectivity index (χ4v) is 3.66. The van der Waals surface area contributed by atoms with Crippen molar-refractivity contribution in [1.82, 2.24) is 10.6 Å². The quantitative estimate of drug-likeness (QED) is 0.821. The van der Waals surface area contributed by atoms with Gasteiger partial charge in [-0.25, -0.2) is 0 Å². The number of nitrogens with one attached hydrogen (secondary N) is 2. The zero-order valence-electron chi connectivity index (χ0n) is 11.6. The van der Waals surface area contributed by atoms with Crippen LogP contribution in [0.25, 0.3) is 0 Å². The molecule has 0 saturated carbocycles. The molecule has 0 aliphatic carbocycles. The Morgan fingerprint density at radius 1 is 1.10 bits per heavy atom. The Hall–Kier alpha value is -1.42. The molecule has 2 N–H and O–H groups in total. The lowest BCUT2D eigenvalue weighted by atomic mass is 10.1. The summed E-state index contributed by atoms with van der Waals surface area (Å²) < 4.78 is 0. The van der Waals surface area contributed by atoms with Gasteiger partial charge < -0.3 is 5.32 Å². The summed E-state index contributed by atoms with van der Waals surface area (Å²) in [5.41, 5.74) is 2.45. The van der Waals surface area contributed by atoms with E-state index in [0.29, 0.717) is 0 Å². The van der Waals surface area contributed by atoms with E-state index in [-0.39, 0.29) is 6.17 Å². The minimum atomic E-state index is 0.171. The standard InChI is InChI=1S/C17H17ClN2S/c18-15-8-3-1-6-13(15)12-21-16-9-4-2-7-14(16)17-19-10-5-11-20-17/h1-10,17,19-20H,11-12H2. The maximum Gasteiger partial charge on any atom is 0.104 e. The van der Waals surface area contributed by atoms with Crippen LogP contribution in [0.15, 0.2) is 65.7 Å². The average molecular weight is 317 g/mol. The second-order valence-electron chi connectivity index (χ2n) is 4.83. The molecular formula is C17H17ClN2S. The third kappa shape index (κ3) is 3.62. The first kappa shape index (κ1) is 14.5. The monoisotopic (exact) mass is 316 g/mol. The predicted octanol–water partition coefficient (Wildman–Crippen LogP) is 4.34. The molecule has 4 heteroatoms. The molecular weight excluding hydrogens is 300 g/mol. The van der Waals surface area contributed by atoms with Crippen molar-refractivity contribution in [1.29, 1.82) is 0 Å². The van der Waals surface area contributed by atoms with Crippen LogP contribution in [0, 0.1) is 0 Å². The van der Waals surface area contributed by atoms with Gasteiger partial charge in [0.1, 0.15) is 6.17 Å². The Morgan fingerprint density at radius 2 is 1.90 bits per heavy atom. The molecule has 1 aliphatic heterocycles. The van der Waals surface area contributed by atoms with Crippen LogP contribution in [-0.4, -0.2) is 6.54 Å². The number of hydrogen-bond donors (Lipinski definition) is 2. The fourth-order valence-electron chi connectivity index (χ4n) is 2.29. The normalized spacial score (nSPS) is 17.5. The van der Waals surface area contributed by atoms with Crippen LogP contribution >= 0.6 is 23.4 Å². The zero-order chi connectivity index (χ0) is 14.5. The highest BCUT2D eigenvalue weighted by molar-refractivity contribution is 7.98. The van der Waals surface area contributed by atoms with Crippen LogP contribution in [-0.2, 0) is 5.75 Å². The van der Waals surface area contributed by atoms with E-state index >= 15 is 0 Å². The number of benzene rings is 2. The van der Waals surface area contributed by atoms with Crippen molar-refractivity contribution >= 4 is 23.4 Å². The van der Waals surface area contributed by atoms with Crippen LogP contribution in [0.3, 0.4) is 0 Å². The molecule has 0 saturated heterocycles. The van der Waals surface area contributed by atoms with Gasteiger partial charge in [-0.15, -0.1) is 11.8 Å². The molecule has 2 nitrogen and oxygen atoms in total. The summed E-state index contributed by atoms with van der Waals surface area (Å²) in [4.78, 5) is 1.28. The number of halogens is 1. The Kier molecular flexibility index (Phi) is 4.86. The average Bonchev–Trinajstić information content (AvgIpc) is 2.55. The first-order chi connectivity index (χ1) is 10.3. The van der Waals surface area contributed by atoms with Crippen LogP contribution in [0.5, 0.6) is 0 Å². The van der Waals surface area contributed by atoms with Crippen LogP contribution in [0.1, 0.15) is 17.3 Å². The molecule has 0 spiro atoms. The Balaban J connectivity index is 1.76. The van der Waals surface area contributed by atoms with Gasteiger partial charge in [0.15, 0.2) is 0 Å². The van der Waals surface area contributed by atoms with Gasteiger partial charge in [-0.3, -0.25) is 5.32 Å². The smallest absolute Gasteiger partial charge is 0.104 e. The molecule has 1 aliphatic rings. The van der Waals surface area contributed by atoms with Gasteiger partial charge in [0.2, 0.25) is 0 Å². The fraction of sp³-hybridized carbons (Fsp3) is 0.176. The van der Waals surface area contributed by atoms with Gasteiger partial charge in [-0.2, -0.15) is 0 Å². The third-order valence-corrected chi connectivity index (χ3v) is 4.90. The van der Waals surface area contributed by atoms with Gasteiger partial charge in [0, 0.05) is 27.8 Å². The summed E-state index contributed by atoms with van der Waals surface area (Å²) in [5.74, 6) is 0.874. The van der Waals surface area contributed by atoms with Crippen molar-refractivity contribution in [2.75, 3.05) is 6.54 Å². The lowest BCUT2D eigenvalue weighted by Crippen LogP contribution is -2.35. The van der Waals surface area contributed by atoms with Crippen molar-refractivity contribution in [3.63, 3.8) is 0 Å². The zero-order valence-corrected chi connectivity index (χ0v) is 13.1. The van der Waals surface area contributed by atoms with E-state index in [2.05, 4.69) is 47.0 Å². The van der Waals surface area contributed by atoms with Gasteiger partial charge >= 0.3 is 0 Å². The lowest BCUT2D eigenvalue weighted by molar-refractivity contribution is 0.491. The minimum absolute atomic E-state index is 0.171. The molecule has 21 heavy (non-hydrogen) atoms. The number of rotatable bonds is 4. The van der Waals surface area contributed by atoms with Crippen LogP contribution < -0.4 is 10.6 Å². The molecule has 2 aromatic carbocycles. The highest BCUT2D eigenvalue weighted by Crippen LogP contribution is 2.31. The van der Waals surface area contributed by atoms with Crippen LogP contribution in [0.2, 0.25) is 5.02 Å². The Morgan fingerprint density at radius 3 is 2.71 bits per heavy atom. The molecule has 0 fully saturated rings. The Labute approximate surface area is 134 Å². The van der Waals surface area contributed by atoms with Crippen molar-refractivity contribution in [3.05, 3.63) is 77.0 Å². The van der Waals surface area contributed by atoms with Gasteiger partial charge in [-0.05, 0) is 23.9 Å². The Bertz CT molecular complexity index is 642. The largest absolute Gasteiger partial charge is 0.372 e. The molecule has 1 heterocycles. The van der Waals surface area contributed by atoms with E-state index in [1.807, 2.05) is 36.2 Å². The van der Waals surface area contributed by atoms with Gasteiger partial charge in [0.05, 0.1) is 0 Å². The summed E-state index contributed by atoms with van der Waals surface area (Å²) in [6.45, 7) is 0.890. The van der Waals surface area contributed by atoms with Crippen molar-refractivity contribution < 1.29 is 0 Å². The van der Waals surface area contributed by atoms with Crippen molar-refractivity contribution in [2.24, 2.45) is 0 Å². The second kappa shape index (κ2) is 7.03. The maximum atomic E-state index is 6.23. The third-order valence-electron chi connectivity index (χ3n) is 3.39. The van der Waals surface area contributed by atoms with E-state index in [4.69, 9.17) is 11.6 Å². The molecule has 0 aromatic heterocycles. The molecule has 1 unspecified atom stereocenters. The van der Waals surface area contributed by atoms with Gasteiger partial charge in [0.25, 0.3) is 0 Å². The topological polar surface area (TPSA) is 24.1 Å². The molecule has 3 rings (SSSR count). The number of thioether (sulfide) groups is 1. The lowest BCUT2D eigenvalue weighted by Gasteiger charge is -2.24. The first-order valence-electron chi connectivity index (χ1n) is 6.94. The van der Waals surface area contributed by atoms with E-state index in [9.17, 15) is 0 Å². The summed E-state index contributed by atoms with van der Waals surface area (Å²) in [6.07, 6.45) is 4.26. The molecule has 108 valence electrons. The van der Waals surface area contributed by atoms with E-state index in [1.54, 1.807) is 0 Å². The molecule has 0 radical (unpaired) electrons. The summed E-state index contributed by atoms with van der Waals surface area (Å²) in [7, 11) is 0. The first-order valence-corrected chi connectivity index (χ1v) is 8.30. The molecule has 2 aromatic rings. The molecule has 0 amide bonds. The molecule has 1 atom stereocenters. The SMILES string of the molecule is Clc1ccccc1CSc1ccccc1C1NC=CCN1. The van der Waals surface area contributed by atoms with E-state index in [1.165, 1.54) is 16.0 Å². The van der Waals surface area contributed by atoms with Gasteiger partial charge in [-0.1, -0.05) is 54.1 Å².